The van der Waals surface area contributed by atoms with Crippen LogP contribution in [0.3, 0.4) is 0 Å². The molecule has 3 aromatic carbocycles. The molecule has 1 heterocycles. The van der Waals surface area contributed by atoms with Gasteiger partial charge in [-0.15, -0.1) is 0 Å². The van der Waals surface area contributed by atoms with E-state index in [2.05, 4.69) is 76.2 Å². The first-order valence-electron chi connectivity index (χ1n) is 9.52. The molecule has 0 aliphatic carbocycles. The first kappa shape index (κ1) is 19.1. The Hall–Kier alpha value is -1.64. The highest BCUT2D eigenvalue weighted by Gasteiger charge is 2.35. The molecule has 4 rings (SSSR count). The van der Waals surface area contributed by atoms with Crippen molar-refractivity contribution in [2.24, 2.45) is 0 Å². The van der Waals surface area contributed by atoms with E-state index < -0.39 is 0 Å². The topological polar surface area (TPSA) is 0 Å². The molecule has 0 spiro atoms. The van der Waals surface area contributed by atoms with E-state index in [1.807, 2.05) is 0 Å². The Morgan fingerprint density at radius 1 is 0.808 bits per heavy atom. The van der Waals surface area contributed by atoms with Gasteiger partial charge in [0, 0.05) is 11.1 Å². The highest BCUT2D eigenvalue weighted by atomic mass is 79.9. The van der Waals surface area contributed by atoms with Crippen molar-refractivity contribution in [1.29, 1.82) is 0 Å². The Balaban J connectivity index is 0.00000196. The molecule has 0 aromatic heterocycles. The Morgan fingerprint density at radius 2 is 1.46 bits per heavy atom. The molecule has 1 aliphatic heterocycles. The maximum absolute atomic E-state index is 2.45. The van der Waals surface area contributed by atoms with Crippen molar-refractivity contribution in [2.45, 2.75) is 40.8 Å². The number of hydrogen-bond acceptors (Lipinski definition) is 0. The van der Waals surface area contributed by atoms with E-state index in [1.165, 1.54) is 57.1 Å². The van der Waals surface area contributed by atoms with Crippen LogP contribution in [0.4, 0.5) is 0 Å². The lowest BCUT2D eigenvalue weighted by Gasteiger charge is -2.31. The number of benzene rings is 3. The lowest BCUT2D eigenvalue weighted by molar-refractivity contribution is -0.944. The van der Waals surface area contributed by atoms with Gasteiger partial charge in [-0.05, 0) is 55.7 Å². The second kappa shape index (κ2) is 7.17. The average molecular weight is 410 g/mol. The highest BCUT2D eigenvalue weighted by Crippen LogP contribution is 2.41. The van der Waals surface area contributed by atoms with Crippen LogP contribution in [-0.4, -0.2) is 17.6 Å². The lowest BCUT2D eigenvalue weighted by atomic mass is 9.90. The molecule has 0 atom stereocenters. The van der Waals surface area contributed by atoms with Crippen molar-refractivity contribution >= 4 is 10.8 Å². The predicted octanol–water partition coefficient (Wildman–Crippen LogP) is 3.00. The SMILES string of the molecule is CC[N+]1(CC)Cc2cc3ccc(C)cc3c(-c3ccc(C)cc3)c2C1.[Br-]. The largest absolute Gasteiger partial charge is 1.00 e. The van der Waals surface area contributed by atoms with E-state index in [1.54, 1.807) is 11.1 Å². The van der Waals surface area contributed by atoms with Gasteiger partial charge in [-0.2, -0.15) is 0 Å². The predicted molar refractivity (Wildman–Crippen MR) is 108 cm³/mol. The van der Waals surface area contributed by atoms with Crippen LogP contribution in [0.2, 0.25) is 0 Å². The molecule has 0 bridgehead atoms. The first-order chi connectivity index (χ1) is 12.0. The standard InChI is InChI=1S/C24H28N.BrH/c1-5-25(6-2)15-21-14-20-12-9-18(4)13-22(20)24(23(21)16-25)19-10-7-17(3)8-11-19;/h7-14H,5-6,15-16H2,1-4H3;1H/q+1;/p-1. The molecule has 1 aliphatic rings. The average Bonchev–Trinajstić information content (AvgIpc) is 3.00. The smallest absolute Gasteiger partial charge is 0.106 e. The maximum atomic E-state index is 2.45. The highest BCUT2D eigenvalue weighted by molar-refractivity contribution is 5.99. The summed E-state index contributed by atoms with van der Waals surface area (Å²) in [4.78, 5) is 0. The van der Waals surface area contributed by atoms with Crippen LogP contribution < -0.4 is 17.0 Å². The normalized spacial score (nSPS) is 14.9. The molecule has 0 unspecified atom stereocenters. The fraction of sp³-hybridized carbons (Fsp3) is 0.333. The van der Waals surface area contributed by atoms with Gasteiger partial charge >= 0.3 is 0 Å². The van der Waals surface area contributed by atoms with E-state index in [9.17, 15) is 0 Å². The quantitative estimate of drug-likeness (QED) is 0.583. The Labute approximate surface area is 168 Å². The summed E-state index contributed by atoms with van der Waals surface area (Å²) in [6.07, 6.45) is 0. The monoisotopic (exact) mass is 409 g/mol. The number of nitrogens with zero attached hydrogens (tertiary/aromatic N) is 1. The van der Waals surface area contributed by atoms with Crippen molar-refractivity contribution in [2.75, 3.05) is 13.1 Å². The van der Waals surface area contributed by atoms with Crippen LogP contribution in [0.5, 0.6) is 0 Å². The first-order valence-corrected chi connectivity index (χ1v) is 9.52. The number of quaternary nitrogens is 1. The molecule has 26 heavy (non-hydrogen) atoms. The van der Waals surface area contributed by atoms with Gasteiger partial charge in [-0.3, -0.25) is 0 Å². The van der Waals surface area contributed by atoms with Crippen molar-refractivity contribution in [3.8, 4) is 11.1 Å². The minimum Gasteiger partial charge on any atom is -1.00 e. The summed E-state index contributed by atoms with van der Waals surface area (Å²) in [7, 11) is 0. The molecule has 0 N–H and O–H groups in total. The maximum Gasteiger partial charge on any atom is 0.106 e. The summed E-state index contributed by atoms with van der Waals surface area (Å²) in [6, 6.07) is 18.5. The molecule has 0 fully saturated rings. The van der Waals surface area contributed by atoms with E-state index >= 15 is 0 Å². The van der Waals surface area contributed by atoms with Crippen LogP contribution in [0, 0.1) is 13.8 Å². The zero-order valence-corrected chi connectivity index (χ0v) is 17.9. The fourth-order valence-corrected chi connectivity index (χ4v) is 4.41. The minimum atomic E-state index is 0. The molecule has 0 saturated heterocycles. The Morgan fingerprint density at radius 3 is 2.12 bits per heavy atom. The summed E-state index contributed by atoms with van der Waals surface area (Å²) in [5.74, 6) is 0. The molecular weight excluding hydrogens is 382 g/mol. The molecule has 0 radical (unpaired) electrons. The van der Waals surface area contributed by atoms with E-state index in [4.69, 9.17) is 0 Å². The van der Waals surface area contributed by atoms with Crippen LogP contribution in [0.25, 0.3) is 21.9 Å². The van der Waals surface area contributed by atoms with Crippen molar-refractivity contribution in [1.82, 2.24) is 0 Å². The second-order valence-corrected chi connectivity index (χ2v) is 7.77. The van der Waals surface area contributed by atoms with Gasteiger partial charge in [-0.25, -0.2) is 0 Å². The summed E-state index contributed by atoms with van der Waals surface area (Å²) in [5, 5.41) is 2.79. The molecule has 0 saturated carbocycles. The van der Waals surface area contributed by atoms with Gasteiger partial charge in [0.2, 0.25) is 0 Å². The molecule has 0 amide bonds. The third-order valence-corrected chi connectivity index (χ3v) is 6.18. The van der Waals surface area contributed by atoms with Crippen LogP contribution in [0.15, 0.2) is 48.5 Å². The molecule has 1 nitrogen and oxygen atoms in total. The third-order valence-electron chi connectivity index (χ3n) is 6.18. The van der Waals surface area contributed by atoms with E-state index in [0.717, 1.165) is 6.54 Å². The summed E-state index contributed by atoms with van der Waals surface area (Å²) < 4.78 is 1.18. The molecule has 136 valence electrons. The Kier molecular flexibility index (Phi) is 5.28. The summed E-state index contributed by atoms with van der Waals surface area (Å²) in [5.41, 5.74) is 8.62. The van der Waals surface area contributed by atoms with Gasteiger partial charge in [0.25, 0.3) is 0 Å². The van der Waals surface area contributed by atoms with Crippen molar-refractivity contribution in [3.05, 3.63) is 70.8 Å². The van der Waals surface area contributed by atoms with Crippen LogP contribution in [0.1, 0.15) is 36.1 Å². The van der Waals surface area contributed by atoms with E-state index in [-0.39, 0.29) is 17.0 Å². The zero-order valence-electron chi connectivity index (χ0n) is 16.3. The number of hydrogen-bond donors (Lipinski definition) is 0. The van der Waals surface area contributed by atoms with E-state index in [0.29, 0.717) is 0 Å². The zero-order chi connectivity index (χ0) is 17.6. The van der Waals surface area contributed by atoms with Gasteiger partial charge < -0.3 is 21.5 Å². The summed E-state index contributed by atoms with van der Waals surface area (Å²) in [6.45, 7) is 13.8. The number of rotatable bonds is 3. The van der Waals surface area contributed by atoms with Crippen molar-refractivity contribution in [3.63, 3.8) is 0 Å². The number of halogens is 1. The number of aryl methyl sites for hydroxylation is 2. The van der Waals surface area contributed by atoms with Gasteiger partial charge in [0.15, 0.2) is 0 Å². The molecular formula is C24H28BrN. The van der Waals surface area contributed by atoms with Gasteiger partial charge in [-0.1, -0.05) is 53.6 Å². The van der Waals surface area contributed by atoms with Crippen LogP contribution >= 0.6 is 0 Å². The molecule has 2 heteroatoms. The van der Waals surface area contributed by atoms with Crippen molar-refractivity contribution < 1.29 is 21.5 Å². The van der Waals surface area contributed by atoms with Gasteiger partial charge in [0.1, 0.15) is 13.1 Å². The third kappa shape index (κ3) is 3.10. The molecule has 3 aromatic rings. The second-order valence-electron chi connectivity index (χ2n) is 7.77. The Bertz CT molecular complexity index is 937. The van der Waals surface area contributed by atoms with Gasteiger partial charge in [0.05, 0.1) is 13.1 Å². The van der Waals surface area contributed by atoms with Crippen LogP contribution in [-0.2, 0) is 13.1 Å². The summed E-state index contributed by atoms with van der Waals surface area (Å²) >= 11 is 0. The lowest BCUT2D eigenvalue weighted by Crippen LogP contribution is -3.00. The number of fused-ring (bicyclic) bond motifs is 2. The fourth-order valence-electron chi connectivity index (χ4n) is 4.41. The minimum absolute atomic E-state index is 0.